The second-order valence-corrected chi connectivity index (χ2v) is 18.7. The highest BCUT2D eigenvalue weighted by Crippen LogP contribution is 2.51. The van der Waals surface area contributed by atoms with E-state index < -0.39 is 13.5 Å². The van der Waals surface area contributed by atoms with Crippen molar-refractivity contribution < 1.29 is 19.0 Å². The standard InChI is InChI=1S/C33H43N5O4Si/c1-40-14-11-33(12-15-41-2)27-19-28-26(18-29(27)38(32(33)39)24-9-7-13-34-20-24)25-10-6-8-23-21-37(36-30(23)31(25)35-28)22-42-16-17-43(3,4)5/h7,9,13,18-21,35H,6,8,10-12,14-17,22H2,1-5H3. The van der Waals surface area contributed by atoms with E-state index in [1.165, 1.54) is 11.1 Å². The second-order valence-electron chi connectivity index (χ2n) is 13.1. The van der Waals surface area contributed by atoms with Crippen LogP contribution in [0.3, 0.4) is 0 Å². The molecule has 10 heteroatoms. The zero-order chi connectivity index (χ0) is 30.2. The normalized spacial score (nSPS) is 15.9. The average molecular weight is 602 g/mol. The molecule has 1 aromatic carbocycles. The molecule has 2 aliphatic rings. The minimum Gasteiger partial charge on any atom is -0.385 e. The van der Waals surface area contributed by atoms with Crippen LogP contribution in [0.1, 0.15) is 36.0 Å². The summed E-state index contributed by atoms with van der Waals surface area (Å²) in [5.74, 6) is 0.0403. The first kappa shape index (κ1) is 29.7. The number of hydrogen-bond acceptors (Lipinski definition) is 6. The number of benzene rings is 1. The molecule has 228 valence electrons. The van der Waals surface area contributed by atoms with Crippen molar-refractivity contribution >= 4 is 36.3 Å². The Morgan fingerprint density at radius 2 is 1.86 bits per heavy atom. The van der Waals surface area contributed by atoms with E-state index in [-0.39, 0.29) is 5.91 Å². The minimum atomic E-state index is -1.14. The number of anilines is 2. The number of pyridine rings is 1. The summed E-state index contributed by atoms with van der Waals surface area (Å²) in [5.41, 5.74) is 7.51. The van der Waals surface area contributed by atoms with Gasteiger partial charge in [-0.25, -0.2) is 4.68 Å². The number of ether oxygens (including phenoxy) is 3. The SMILES string of the molecule is COCCC1(CCOC)C(=O)N(c2cccnc2)c2cc3c4c([nH]c3cc21)-c1nn(COCC[Si](C)(C)C)cc1CCC4. The van der Waals surface area contributed by atoms with Gasteiger partial charge in [-0.1, -0.05) is 19.6 Å². The Morgan fingerprint density at radius 3 is 2.56 bits per heavy atom. The molecule has 1 aliphatic heterocycles. The Kier molecular flexibility index (Phi) is 8.30. The molecule has 0 radical (unpaired) electrons. The lowest BCUT2D eigenvalue weighted by Gasteiger charge is -2.28. The molecule has 0 saturated carbocycles. The van der Waals surface area contributed by atoms with Gasteiger partial charge in [-0.2, -0.15) is 5.10 Å². The molecule has 43 heavy (non-hydrogen) atoms. The summed E-state index contributed by atoms with van der Waals surface area (Å²) < 4.78 is 19.0. The number of hydrogen-bond donors (Lipinski definition) is 1. The molecule has 1 N–H and O–H groups in total. The van der Waals surface area contributed by atoms with Gasteiger partial charge in [0.15, 0.2) is 0 Å². The Labute approximate surface area is 254 Å². The van der Waals surface area contributed by atoms with Crippen LogP contribution >= 0.6 is 0 Å². The number of nitrogens with zero attached hydrogens (tertiary/aromatic N) is 4. The fourth-order valence-electron chi connectivity index (χ4n) is 6.57. The number of aryl methyl sites for hydroxylation is 2. The smallest absolute Gasteiger partial charge is 0.242 e. The fourth-order valence-corrected chi connectivity index (χ4v) is 7.33. The fraction of sp³-hybridized carbons (Fsp3) is 0.485. The first-order valence-corrected chi connectivity index (χ1v) is 19.0. The number of nitrogens with one attached hydrogen (secondary N) is 1. The van der Waals surface area contributed by atoms with Crippen LogP contribution in [0.2, 0.25) is 25.7 Å². The third-order valence-electron chi connectivity index (χ3n) is 8.93. The summed E-state index contributed by atoms with van der Waals surface area (Å²) in [4.78, 5) is 24.4. The maximum Gasteiger partial charge on any atom is 0.242 e. The van der Waals surface area contributed by atoms with E-state index >= 15 is 0 Å². The molecule has 0 fully saturated rings. The van der Waals surface area contributed by atoms with Gasteiger partial charge < -0.3 is 19.2 Å². The first-order chi connectivity index (χ1) is 20.8. The third-order valence-corrected chi connectivity index (χ3v) is 10.6. The maximum atomic E-state index is 14.4. The van der Waals surface area contributed by atoms with Gasteiger partial charge in [0.25, 0.3) is 0 Å². The highest BCUT2D eigenvalue weighted by molar-refractivity contribution is 6.76. The predicted molar refractivity (Wildman–Crippen MR) is 172 cm³/mol. The number of fused-ring (bicyclic) bond motifs is 6. The van der Waals surface area contributed by atoms with Crippen molar-refractivity contribution in [1.29, 1.82) is 0 Å². The number of methoxy groups -OCH3 is 2. The molecule has 0 unspecified atom stereocenters. The summed E-state index contributed by atoms with van der Waals surface area (Å²) >= 11 is 0. The van der Waals surface area contributed by atoms with Crippen LogP contribution in [0.4, 0.5) is 11.4 Å². The number of H-pyrrole nitrogens is 1. The quantitative estimate of drug-likeness (QED) is 0.153. The van der Waals surface area contributed by atoms with Crippen molar-refractivity contribution in [3.8, 4) is 11.4 Å². The zero-order valence-electron chi connectivity index (χ0n) is 26.0. The van der Waals surface area contributed by atoms with Crippen molar-refractivity contribution in [2.75, 3.05) is 38.9 Å². The predicted octanol–water partition coefficient (Wildman–Crippen LogP) is 6.22. The van der Waals surface area contributed by atoms with Crippen molar-refractivity contribution in [3.05, 3.63) is 59.5 Å². The minimum absolute atomic E-state index is 0.0403. The molecule has 1 amide bonds. The van der Waals surface area contributed by atoms with E-state index in [2.05, 4.69) is 47.9 Å². The van der Waals surface area contributed by atoms with Crippen LogP contribution in [0.15, 0.2) is 42.9 Å². The Morgan fingerprint density at radius 1 is 1.07 bits per heavy atom. The van der Waals surface area contributed by atoms with Crippen LogP contribution in [0.25, 0.3) is 22.3 Å². The van der Waals surface area contributed by atoms with E-state index in [1.54, 1.807) is 26.6 Å². The van der Waals surface area contributed by atoms with E-state index in [1.807, 2.05) is 21.7 Å². The number of carbonyl (C=O) groups excluding carboxylic acids is 1. The van der Waals surface area contributed by atoms with Crippen LogP contribution in [0.5, 0.6) is 0 Å². The molecule has 3 aromatic heterocycles. The topological polar surface area (TPSA) is 94.5 Å². The average Bonchev–Trinajstić information content (AvgIpc) is 3.59. The summed E-state index contributed by atoms with van der Waals surface area (Å²) in [6.45, 7) is 9.26. The summed E-state index contributed by atoms with van der Waals surface area (Å²) in [7, 11) is 2.22. The van der Waals surface area contributed by atoms with Gasteiger partial charge >= 0.3 is 0 Å². The van der Waals surface area contributed by atoms with Gasteiger partial charge in [-0.05, 0) is 79.1 Å². The highest BCUT2D eigenvalue weighted by atomic mass is 28.3. The Bertz CT molecular complexity index is 1600. The van der Waals surface area contributed by atoms with Crippen LogP contribution in [-0.4, -0.2) is 67.8 Å². The summed E-state index contributed by atoms with van der Waals surface area (Å²) in [5, 5.41) is 6.15. The van der Waals surface area contributed by atoms with E-state index in [4.69, 9.17) is 19.3 Å². The molecule has 4 heterocycles. The number of amides is 1. The highest BCUT2D eigenvalue weighted by Gasteiger charge is 2.51. The molecule has 4 aromatic rings. The van der Waals surface area contributed by atoms with Crippen molar-refractivity contribution in [1.82, 2.24) is 19.7 Å². The maximum absolute atomic E-state index is 14.4. The number of carbonyl (C=O) groups is 1. The van der Waals surface area contributed by atoms with Crippen LogP contribution < -0.4 is 4.90 Å². The van der Waals surface area contributed by atoms with E-state index in [0.717, 1.165) is 71.1 Å². The van der Waals surface area contributed by atoms with Gasteiger partial charge in [0.05, 0.1) is 28.7 Å². The lowest BCUT2D eigenvalue weighted by atomic mass is 9.76. The second kappa shape index (κ2) is 12.0. The summed E-state index contributed by atoms with van der Waals surface area (Å²) in [6, 6.07) is 9.35. The zero-order valence-corrected chi connectivity index (χ0v) is 27.0. The molecule has 0 saturated heterocycles. The van der Waals surface area contributed by atoms with Crippen LogP contribution in [0, 0.1) is 0 Å². The number of rotatable bonds is 12. The Balaban J connectivity index is 1.44. The van der Waals surface area contributed by atoms with Crippen molar-refractivity contribution in [3.63, 3.8) is 0 Å². The summed E-state index contributed by atoms with van der Waals surface area (Å²) in [6.07, 6.45) is 9.71. The molecule has 0 bridgehead atoms. The van der Waals surface area contributed by atoms with E-state index in [0.29, 0.717) is 32.8 Å². The van der Waals surface area contributed by atoms with E-state index in [9.17, 15) is 4.79 Å². The van der Waals surface area contributed by atoms with Crippen LogP contribution in [-0.2, 0) is 44.0 Å². The lowest BCUT2D eigenvalue weighted by Crippen LogP contribution is -2.40. The molecule has 1 aliphatic carbocycles. The molecule has 6 rings (SSSR count). The molecule has 9 nitrogen and oxygen atoms in total. The molecule has 0 spiro atoms. The number of aromatic nitrogens is 4. The van der Waals surface area contributed by atoms with Gasteiger partial charge in [0.2, 0.25) is 5.91 Å². The van der Waals surface area contributed by atoms with Gasteiger partial charge in [0, 0.05) is 65.4 Å². The number of aromatic amines is 1. The largest absolute Gasteiger partial charge is 0.385 e. The monoisotopic (exact) mass is 601 g/mol. The molecular weight excluding hydrogens is 558 g/mol. The molecular formula is C33H43N5O4Si. The first-order valence-electron chi connectivity index (χ1n) is 15.3. The third kappa shape index (κ3) is 5.57. The van der Waals surface area contributed by atoms with Gasteiger partial charge in [-0.3, -0.25) is 14.7 Å². The lowest BCUT2D eigenvalue weighted by molar-refractivity contribution is -0.123. The van der Waals surface area contributed by atoms with Gasteiger partial charge in [0.1, 0.15) is 12.4 Å². The van der Waals surface area contributed by atoms with Gasteiger partial charge in [-0.15, -0.1) is 0 Å². The van der Waals surface area contributed by atoms with Crippen molar-refractivity contribution in [2.45, 2.75) is 69.9 Å². The Hall–Kier alpha value is -3.31. The molecule has 0 atom stereocenters. The van der Waals surface area contributed by atoms with Crippen molar-refractivity contribution in [2.24, 2.45) is 0 Å².